The van der Waals surface area contributed by atoms with Crippen molar-refractivity contribution in [2.45, 2.75) is 32.7 Å². The maximum absolute atomic E-state index is 6.28. The summed E-state index contributed by atoms with van der Waals surface area (Å²) >= 11 is 12.5. The third-order valence-electron chi connectivity index (χ3n) is 3.27. The SMILES string of the molecule is CCCNC1c2c(Cl)ccc(Cl)c2CC1C. The molecule has 16 heavy (non-hydrogen) atoms. The molecule has 0 radical (unpaired) electrons. The molecule has 3 heteroatoms. The van der Waals surface area contributed by atoms with Crippen LogP contribution in [0.5, 0.6) is 0 Å². The van der Waals surface area contributed by atoms with Crippen molar-refractivity contribution in [3.05, 3.63) is 33.3 Å². The molecule has 0 spiro atoms. The number of nitrogens with one attached hydrogen (secondary N) is 1. The Morgan fingerprint density at radius 2 is 2.00 bits per heavy atom. The minimum Gasteiger partial charge on any atom is -0.310 e. The lowest BCUT2D eigenvalue weighted by atomic mass is 10.0. The third-order valence-corrected chi connectivity index (χ3v) is 3.95. The van der Waals surface area contributed by atoms with Crippen molar-refractivity contribution in [1.82, 2.24) is 5.32 Å². The molecule has 1 aliphatic rings. The van der Waals surface area contributed by atoms with E-state index < -0.39 is 0 Å². The van der Waals surface area contributed by atoms with Crippen LogP contribution in [0.1, 0.15) is 37.4 Å². The van der Waals surface area contributed by atoms with Crippen molar-refractivity contribution < 1.29 is 0 Å². The molecule has 88 valence electrons. The number of hydrogen-bond acceptors (Lipinski definition) is 1. The zero-order valence-corrected chi connectivity index (χ0v) is 11.2. The second-order valence-corrected chi connectivity index (χ2v) is 5.35. The first kappa shape index (κ1) is 12.2. The molecule has 0 bridgehead atoms. The van der Waals surface area contributed by atoms with Gasteiger partial charge < -0.3 is 5.32 Å². The highest BCUT2D eigenvalue weighted by atomic mass is 35.5. The molecule has 0 aromatic heterocycles. The predicted molar refractivity (Wildman–Crippen MR) is 70.4 cm³/mol. The van der Waals surface area contributed by atoms with Gasteiger partial charge in [0.15, 0.2) is 0 Å². The van der Waals surface area contributed by atoms with Gasteiger partial charge in [-0.2, -0.15) is 0 Å². The predicted octanol–water partition coefficient (Wildman–Crippen LogP) is 4.23. The van der Waals surface area contributed by atoms with Gasteiger partial charge in [-0.25, -0.2) is 0 Å². The summed E-state index contributed by atoms with van der Waals surface area (Å²) in [5, 5.41) is 5.26. The molecule has 0 amide bonds. The van der Waals surface area contributed by atoms with Crippen LogP contribution in [0.25, 0.3) is 0 Å². The Hall–Kier alpha value is -0.240. The van der Waals surface area contributed by atoms with Crippen LogP contribution >= 0.6 is 23.2 Å². The summed E-state index contributed by atoms with van der Waals surface area (Å²) < 4.78 is 0. The lowest BCUT2D eigenvalue weighted by Gasteiger charge is -2.19. The van der Waals surface area contributed by atoms with Crippen LogP contribution in [0.15, 0.2) is 12.1 Å². The van der Waals surface area contributed by atoms with Crippen molar-refractivity contribution in [2.75, 3.05) is 6.54 Å². The van der Waals surface area contributed by atoms with Gasteiger partial charge in [0.25, 0.3) is 0 Å². The standard InChI is InChI=1S/C13H17Cl2N/c1-3-6-16-13-8(2)7-9-10(14)4-5-11(15)12(9)13/h4-5,8,13,16H,3,6-7H2,1-2H3. The van der Waals surface area contributed by atoms with E-state index in [0.29, 0.717) is 12.0 Å². The fourth-order valence-electron chi connectivity index (χ4n) is 2.48. The Balaban J connectivity index is 2.35. The number of rotatable bonds is 3. The molecule has 0 saturated carbocycles. The van der Waals surface area contributed by atoms with Crippen molar-refractivity contribution in [1.29, 1.82) is 0 Å². The van der Waals surface area contributed by atoms with Gasteiger partial charge >= 0.3 is 0 Å². The van der Waals surface area contributed by atoms with Crippen molar-refractivity contribution in [2.24, 2.45) is 5.92 Å². The first-order valence-corrected chi connectivity index (χ1v) is 6.61. The van der Waals surface area contributed by atoms with E-state index in [1.54, 1.807) is 0 Å². The number of halogens is 2. The maximum Gasteiger partial charge on any atom is 0.0457 e. The molecule has 0 aliphatic heterocycles. The molecule has 0 saturated heterocycles. The molecule has 1 aromatic carbocycles. The number of benzene rings is 1. The van der Waals surface area contributed by atoms with Crippen LogP contribution in [-0.2, 0) is 6.42 Å². The molecule has 2 rings (SSSR count). The maximum atomic E-state index is 6.28. The Kier molecular flexibility index (Phi) is 3.78. The van der Waals surface area contributed by atoms with E-state index in [-0.39, 0.29) is 0 Å². The van der Waals surface area contributed by atoms with E-state index in [1.807, 2.05) is 12.1 Å². The molecule has 1 nitrogen and oxygen atoms in total. The van der Waals surface area contributed by atoms with Gasteiger partial charge in [0.05, 0.1) is 0 Å². The van der Waals surface area contributed by atoms with Crippen LogP contribution in [-0.4, -0.2) is 6.54 Å². The highest BCUT2D eigenvalue weighted by Gasteiger charge is 2.32. The summed E-state index contributed by atoms with van der Waals surface area (Å²) in [7, 11) is 0. The average Bonchev–Trinajstić information content (AvgIpc) is 2.59. The van der Waals surface area contributed by atoms with E-state index >= 15 is 0 Å². The second kappa shape index (κ2) is 4.95. The van der Waals surface area contributed by atoms with E-state index in [2.05, 4.69) is 19.2 Å². The minimum absolute atomic E-state index is 0.362. The largest absolute Gasteiger partial charge is 0.310 e. The molecule has 1 aliphatic carbocycles. The zero-order valence-electron chi connectivity index (χ0n) is 9.69. The van der Waals surface area contributed by atoms with Crippen LogP contribution < -0.4 is 5.32 Å². The van der Waals surface area contributed by atoms with Crippen LogP contribution in [0.2, 0.25) is 10.0 Å². The average molecular weight is 258 g/mol. The van der Waals surface area contributed by atoms with Gasteiger partial charge in [0, 0.05) is 16.1 Å². The number of fused-ring (bicyclic) bond motifs is 1. The quantitative estimate of drug-likeness (QED) is 0.855. The fourth-order valence-corrected chi connectivity index (χ4v) is 3.02. The lowest BCUT2D eigenvalue weighted by molar-refractivity contribution is 0.417. The molecular formula is C13H17Cl2N. The molecule has 0 heterocycles. The van der Waals surface area contributed by atoms with E-state index in [9.17, 15) is 0 Å². The van der Waals surface area contributed by atoms with Crippen LogP contribution in [0.4, 0.5) is 0 Å². The first-order chi connectivity index (χ1) is 7.65. The van der Waals surface area contributed by atoms with Gasteiger partial charge in [-0.3, -0.25) is 0 Å². The van der Waals surface area contributed by atoms with E-state index in [0.717, 1.165) is 29.4 Å². The fraction of sp³-hybridized carbons (Fsp3) is 0.538. The van der Waals surface area contributed by atoms with Crippen molar-refractivity contribution in [3.8, 4) is 0 Å². The summed E-state index contributed by atoms with van der Waals surface area (Å²) in [6.45, 7) is 5.45. The minimum atomic E-state index is 0.362. The van der Waals surface area contributed by atoms with Gasteiger partial charge in [-0.15, -0.1) is 0 Å². The lowest BCUT2D eigenvalue weighted by Crippen LogP contribution is -2.24. The summed E-state index contributed by atoms with van der Waals surface area (Å²) in [5.74, 6) is 0.568. The van der Waals surface area contributed by atoms with Gasteiger partial charge in [-0.1, -0.05) is 37.0 Å². The Morgan fingerprint density at radius 3 is 2.69 bits per heavy atom. The van der Waals surface area contributed by atoms with Crippen LogP contribution in [0.3, 0.4) is 0 Å². The van der Waals surface area contributed by atoms with Crippen molar-refractivity contribution in [3.63, 3.8) is 0 Å². The Labute approximate surface area is 107 Å². The topological polar surface area (TPSA) is 12.0 Å². The van der Waals surface area contributed by atoms with Gasteiger partial charge in [0.2, 0.25) is 0 Å². The Bertz CT molecular complexity index is 390. The van der Waals surface area contributed by atoms with E-state index in [4.69, 9.17) is 23.2 Å². The summed E-state index contributed by atoms with van der Waals surface area (Å²) in [4.78, 5) is 0. The first-order valence-electron chi connectivity index (χ1n) is 5.85. The highest BCUT2D eigenvalue weighted by molar-refractivity contribution is 6.34. The molecule has 0 fully saturated rings. The molecule has 2 unspecified atom stereocenters. The third kappa shape index (κ3) is 2.09. The summed E-state index contributed by atoms with van der Waals surface area (Å²) in [5.41, 5.74) is 2.45. The van der Waals surface area contributed by atoms with Crippen LogP contribution in [0, 0.1) is 5.92 Å². The number of hydrogen-bond donors (Lipinski definition) is 1. The van der Waals surface area contributed by atoms with Gasteiger partial charge in [-0.05, 0) is 48.6 Å². The molecule has 2 atom stereocenters. The molecular weight excluding hydrogens is 241 g/mol. The highest BCUT2D eigenvalue weighted by Crippen LogP contribution is 2.43. The molecule has 1 aromatic rings. The summed E-state index contributed by atoms with van der Waals surface area (Å²) in [6, 6.07) is 4.17. The summed E-state index contributed by atoms with van der Waals surface area (Å²) in [6.07, 6.45) is 2.16. The van der Waals surface area contributed by atoms with Crippen molar-refractivity contribution >= 4 is 23.2 Å². The normalized spacial score (nSPS) is 23.5. The monoisotopic (exact) mass is 257 g/mol. The Morgan fingerprint density at radius 1 is 1.31 bits per heavy atom. The second-order valence-electron chi connectivity index (χ2n) is 4.53. The molecule has 1 N–H and O–H groups in total. The van der Waals surface area contributed by atoms with Gasteiger partial charge in [0.1, 0.15) is 0 Å². The smallest absolute Gasteiger partial charge is 0.0457 e. The van der Waals surface area contributed by atoms with E-state index in [1.165, 1.54) is 11.1 Å². The zero-order chi connectivity index (χ0) is 11.7.